The average Bonchev–Trinajstić information content (AvgIpc) is 2.14. The summed E-state index contributed by atoms with van der Waals surface area (Å²) in [4.78, 5) is 0. The van der Waals surface area contributed by atoms with Crippen LogP contribution in [0, 0.1) is 11.8 Å². The van der Waals surface area contributed by atoms with Gasteiger partial charge in [-0.3, -0.25) is 0 Å². The van der Waals surface area contributed by atoms with Crippen molar-refractivity contribution in [3.05, 3.63) is 35.9 Å². The van der Waals surface area contributed by atoms with Gasteiger partial charge in [-0.1, -0.05) is 30.3 Å². The smallest absolute Gasteiger partial charge is 0.0194 e. The SMILES string of the molecule is NC12CC(C1)C2Cc1ccccc1. The van der Waals surface area contributed by atoms with Gasteiger partial charge in [0.25, 0.3) is 0 Å². The first kappa shape index (κ1) is 7.57. The molecule has 2 bridgehead atoms. The van der Waals surface area contributed by atoms with E-state index in [0.29, 0.717) is 0 Å². The van der Waals surface area contributed by atoms with E-state index in [1.54, 1.807) is 0 Å². The molecule has 0 aromatic heterocycles. The third kappa shape index (κ3) is 0.969. The molecule has 1 heteroatoms. The van der Waals surface area contributed by atoms with Gasteiger partial charge in [0, 0.05) is 5.54 Å². The van der Waals surface area contributed by atoms with Gasteiger partial charge >= 0.3 is 0 Å². The molecule has 0 heterocycles. The minimum absolute atomic E-state index is 0.237. The van der Waals surface area contributed by atoms with Crippen molar-refractivity contribution in [2.45, 2.75) is 24.8 Å². The first-order valence-electron chi connectivity index (χ1n) is 5.11. The fraction of sp³-hybridized carbons (Fsp3) is 0.500. The number of hydrogen-bond donors (Lipinski definition) is 1. The van der Waals surface area contributed by atoms with E-state index in [1.807, 2.05) is 0 Å². The molecule has 1 aromatic carbocycles. The van der Waals surface area contributed by atoms with Crippen LogP contribution >= 0.6 is 0 Å². The first-order valence-corrected chi connectivity index (χ1v) is 5.11. The summed E-state index contributed by atoms with van der Waals surface area (Å²) < 4.78 is 0. The molecule has 68 valence electrons. The summed E-state index contributed by atoms with van der Waals surface area (Å²) in [6.45, 7) is 0. The molecule has 0 spiro atoms. The van der Waals surface area contributed by atoms with Gasteiger partial charge in [-0.2, -0.15) is 0 Å². The topological polar surface area (TPSA) is 26.0 Å². The van der Waals surface area contributed by atoms with E-state index in [9.17, 15) is 0 Å². The molecule has 3 aliphatic carbocycles. The molecule has 13 heavy (non-hydrogen) atoms. The van der Waals surface area contributed by atoms with Crippen LogP contribution in [0.2, 0.25) is 0 Å². The van der Waals surface area contributed by atoms with Crippen molar-refractivity contribution < 1.29 is 0 Å². The Bertz CT molecular complexity index is 311. The summed E-state index contributed by atoms with van der Waals surface area (Å²) in [5.41, 5.74) is 7.87. The van der Waals surface area contributed by atoms with Crippen molar-refractivity contribution in [2.24, 2.45) is 17.6 Å². The highest BCUT2D eigenvalue weighted by molar-refractivity contribution is 5.24. The Morgan fingerprint density at radius 1 is 1.23 bits per heavy atom. The maximum Gasteiger partial charge on any atom is 0.0194 e. The fourth-order valence-corrected chi connectivity index (χ4v) is 2.89. The van der Waals surface area contributed by atoms with E-state index in [4.69, 9.17) is 5.73 Å². The zero-order valence-electron chi connectivity index (χ0n) is 7.74. The molecular formula is C12H15N. The summed E-state index contributed by atoms with van der Waals surface area (Å²) in [6, 6.07) is 10.7. The highest BCUT2D eigenvalue weighted by Crippen LogP contribution is 2.61. The van der Waals surface area contributed by atoms with Gasteiger partial charge in [0.15, 0.2) is 0 Å². The number of benzene rings is 1. The summed E-state index contributed by atoms with van der Waals surface area (Å²) in [6.07, 6.45) is 3.76. The Morgan fingerprint density at radius 2 is 1.92 bits per heavy atom. The highest BCUT2D eigenvalue weighted by atomic mass is 14.9. The van der Waals surface area contributed by atoms with Gasteiger partial charge in [-0.05, 0) is 36.7 Å². The van der Waals surface area contributed by atoms with Crippen molar-refractivity contribution in [3.63, 3.8) is 0 Å². The second kappa shape index (κ2) is 2.36. The van der Waals surface area contributed by atoms with Crippen LogP contribution in [-0.4, -0.2) is 5.54 Å². The number of rotatable bonds is 2. The molecule has 3 aliphatic rings. The third-order valence-corrected chi connectivity index (χ3v) is 3.89. The van der Waals surface area contributed by atoms with Crippen LogP contribution in [0.4, 0.5) is 0 Å². The summed E-state index contributed by atoms with van der Waals surface area (Å²) >= 11 is 0. The van der Waals surface area contributed by atoms with Gasteiger partial charge in [0.2, 0.25) is 0 Å². The average molecular weight is 173 g/mol. The molecular weight excluding hydrogens is 158 g/mol. The minimum atomic E-state index is 0.237. The lowest BCUT2D eigenvalue weighted by molar-refractivity contribution is -0.109. The monoisotopic (exact) mass is 173 g/mol. The molecule has 0 aliphatic heterocycles. The van der Waals surface area contributed by atoms with Crippen LogP contribution in [0.5, 0.6) is 0 Å². The van der Waals surface area contributed by atoms with Crippen LogP contribution in [0.15, 0.2) is 30.3 Å². The van der Waals surface area contributed by atoms with Crippen molar-refractivity contribution in [1.82, 2.24) is 0 Å². The van der Waals surface area contributed by atoms with Gasteiger partial charge in [-0.25, -0.2) is 0 Å². The summed E-state index contributed by atoms with van der Waals surface area (Å²) in [5, 5.41) is 0. The van der Waals surface area contributed by atoms with Crippen LogP contribution < -0.4 is 5.73 Å². The number of hydrogen-bond acceptors (Lipinski definition) is 1. The predicted molar refractivity (Wildman–Crippen MR) is 53.3 cm³/mol. The van der Waals surface area contributed by atoms with Crippen molar-refractivity contribution >= 4 is 0 Å². The van der Waals surface area contributed by atoms with Gasteiger partial charge in [0.1, 0.15) is 0 Å². The number of nitrogens with two attached hydrogens (primary N) is 1. The second-order valence-electron chi connectivity index (χ2n) is 4.70. The Balaban J connectivity index is 1.72. The van der Waals surface area contributed by atoms with E-state index in [1.165, 1.54) is 24.8 Å². The zero-order valence-corrected chi connectivity index (χ0v) is 7.74. The van der Waals surface area contributed by atoms with Crippen molar-refractivity contribution in [2.75, 3.05) is 0 Å². The molecule has 0 saturated heterocycles. The van der Waals surface area contributed by atoms with E-state index in [2.05, 4.69) is 30.3 Å². The van der Waals surface area contributed by atoms with Gasteiger partial charge in [0.05, 0.1) is 0 Å². The minimum Gasteiger partial charge on any atom is -0.325 e. The Hall–Kier alpha value is -0.820. The maximum absolute atomic E-state index is 6.18. The fourth-order valence-electron chi connectivity index (χ4n) is 2.89. The van der Waals surface area contributed by atoms with Crippen LogP contribution in [0.1, 0.15) is 18.4 Å². The summed E-state index contributed by atoms with van der Waals surface area (Å²) in [5.74, 6) is 1.74. The molecule has 0 amide bonds. The highest BCUT2D eigenvalue weighted by Gasteiger charge is 2.62. The predicted octanol–water partition coefficient (Wildman–Crippen LogP) is 1.97. The Morgan fingerprint density at radius 3 is 2.38 bits per heavy atom. The molecule has 1 unspecified atom stereocenters. The second-order valence-corrected chi connectivity index (χ2v) is 4.70. The first-order chi connectivity index (χ1) is 6.28. The lowest BCUT2D eigenvalue weighted by Crippen LogP contribution is -2.73. The van der Waals surface area contributed by atoms with Crippen molar-refractivity contribution in [1.29, 1.82) is 0 Å². The molecule has 3 saturated carbocycles. The summed E-state index contributed by atoms with van der Waals surface area (Å²) in [7, 11) is 0. The molecule has 1 atom stereocenters. The molecule has 1 nitrogen and oxygen atoms in total. The third-order valence-electron chi connectivity index (χ3n) is 3.89. The lowest BCUT2D eigenvalue weighted by atomic mass is 9.42. The zero-order chi connectivity index (χ0) is 8.89. The molecule has 3 fully saturated rings. The Labute approximate surface area is 78.9 Å². The van der Waals surface area contributed by atoms with E-state index < -0.39 is 0 Å². The van der Waals surface area contributed by atoms with E-state index in [0.717, 1.165) is 11.8 Å². The van der Waals surface area contributed by atoms with Gasteiger partial charge < -0.3 is 5.73 Å². The normalized spacial score (nSPS) is 40.7. The van der Waals surface area contributed by atoms with Crippen LogP contribution in [0.3, 0.4) is 0 Å². The van der Waals surface area contributed by atoms with E-state index in [-0.39, 0.29) is 5.54 Å². The molecule has 2 N–H and O–H groups in total. The standard InChI is InChI=1S/C12H15N/c13-12-7-10(8-12)11(12)6-9-4-2-1-3-5-9/h1-5,10-11H,6-8,13H2. The molecule has 1 aromatic rings. The van der Waals surface area contributed by atoms with Crippen LogP contribution in [-0.2, 0) is 6.42 Å². The van der Waals surface area contributed by atoms with E-state index >= 15 is 0 Å². The maximum atomic E-state index is 6.18. The molecule has 4 rings (SSSR count). The Kier molecular flexibility index (Phi) is 1.37. The lowest BCUT2D eigenvalue weighted by Gasteiger charge is -2.67. The molecule has 0 radical (unpaired) electrons. The van der Waals surface area contributed by atoms with Crippen LogP contribution in [0.25, 0.3) is 0 Å². The van der Waals surface area contributed by atoms with Gasteiger partial charge in [-0.15, -0.1) is 0 Å². The largest absolute Gasteiger partial charge is 0.325 e. The quantitative estimate of drug-likeness (QED) is 0.727. The van der Waals surface area contributed by atoms with Crippen molar-refractivity contribution in [3.8, 4) is 0 Å².